The number of hydrogen-bond donors (Lipinski definition) is 1. The second-order valence-electron chi connectivity index (χ2n) is 11.5. The molecule has 3 heterocycles. The molecule has 0 bridgehead atoms. The fourth-order valence-corrected chi connectivity index (χ4v) is 6.69. The SMILES string of the molecule is Oc1cccc2c1-c1nc(-c3cn(-c4ccccc4)c(-c4cccc5oc6ccc(-c7ccccc7)cc6c45)n3)ccc1CC2. The Labute approximate surface area is 259 Å². The second-order valence-corrected chi connectivity index (χ2v) is 11.5. The van der Waals surface area contributed by atoms with Crippen LogP contribution < -0.4 is 0 Å². The predicted molar refractivity (Wildman–Crippen MR) is 179 cm³/mol. The highest BCUT2D eigenvalue weighted by atomic mass is 16.3. The fraction of sp³-hybridized carbons (Fsp3) is 0.0500. The number of pyridine rings is 1. The van der Waals surface area contributed by atoms with E-state index in [1.165, 1.54) is 0 Å². The van der Waals surface area contributed by atoms with Crippen molar-refractivity contribution in [2.75, 3.05) is 0 Å². The lowest BCUT2D eigenvalue weighted by Crippen LogP contribution is -2.06. The molecule has 1 N–H and O–H groups in total. The first kappa shape index (κ1) is 25.5. The number of benzene rings is 5. The van der Waals surface area contributed by atoms with Crippen molar-refractivity contribution >= 4 is 21.9 Å². The van der Waals surface area contributed by atoms with Crippen LogP contribution in [0.4, 0.5) is 0 Å². The van der Waals surface area contributed by atoms with Crippen LogP contribution in [-0.2, 0) is 12.8 Å². The first-order valence-electron chi connectivity index (χ1n) is 15.2. The monoisotopic (exact) mass is 581 g/mol. The van der Waals surface area contributed by atoms with Crippen LogP contribution in [0.5, 0.6) is 5.75 Å². The van der Waals surface area contributed by atoms with Gasteiger partial charge in [0, 0.05) is 33.8 Å². The number of imidazole rings is 1. The van der Waals surface area contributed by atoms with E-state index in [1.807, 2.05) is 48.5 Å². The molecule has 0 saturated heterocycles. The van der Waals surface area contributed by atoms with E-state index in [1.54, 1.807) is 6.07 Å². The van der Waals surface area contributed by atoms with E-state index >= 15 is 0 Å². The van der Waals surface area contributed by atoms with Crippen molar-refractivity contribution in [2.45, 2.75) is 12.8 Å². The molecule has 45 heavy (non-hydrogen) atoms. The lowest BCUT2D eigenvalue weighted by Gasteiger charge is -2.20. The number of furan rings is 1. The van der Waals surface area contributed by atoms with Gasteiger partial charge in [0.2, 0.25) is 0 Å². The van der Waals surface area contributed by atoms with Crippen molar-refractivity contribution in [2.24, 2.45) is 0 Å². The summed E-state index contributed by atoms with van der Waals surface area (Å²) in [6.07, 6.45) is 3.84. The van der Waals surface area contributed by atoms with Crippen molar-refractivity contribution in [3.05, 3.63) is 145 Å². The molecule has 0 aliphatic heterocycles. The van der Waals surface area contributed by atoms with Crippen molar-refractivity contribution < 1.29 is 9.52 Å². The average Bonchev–Trinajstić information content (AvgIpc) is 3.71. The normalized spacial score (nSPS) is 12.4. The van der Waals surface area contributed by atoms with E-state index in [0.717, 1.165) is 96.8 Å². The molecule has 5 nitrogen and oxygen atoms in total. The minimum Gasteiger partial charge on any atom is -0.507 e. The van der Waals surface area contributed by atoms with E-state index in [2.05, 4.69) is 83.6 Å². The standard InChI is InChI=1S/C40H27N3O2/c44-34-15-7-11-26-17-18-27-19-21-32(41-39(27)37(26)34)33-24-43(29-12-5-2-6-13-29)40(42-33)30-14-8-16-36-38(30)31-23-28(20-22-35(31)45-36)25-9-3-1-4-10-25/h1-16,19-24,44H,17-18H2. The smallest absolute Gasteiger partial charge is 0.146 e. The zero-order chi connectivity index (χ0) is 29.9. The zero-order valence-electron chi connectivity index (χ0n) is 24.3. The van der Waals surface area contributed by atoms with E-state index in [0.29, 0.717) is 0 Å². The third-order valence-electron chi connectivity index (χ3n) is 8.85. The fourth-order valence-electron chi connectivity index (χ4n) is 6.69. The lowest BCUT2D eigenvalue weighted by molar-refractivity contribution is 0.476. The summed E-state index contributed by atoms with van der Waals surface area (Å²) in [4.78, 5) is 10.4. The third-order valence-corrected chi connectivity index (χ3v) is 8.85. The topological polar surface area (TPSA) is 64.1 Å². The third kappa shape index (κ3) is 4.16. The van der Waals surface area contributed by atoms with Gasteiger partial charge in [0.25, 0.3) is 0 Å². The van der Waals surface area contributed by atoms with Gasteiger partial charge < -0.3 is 9.52 Å². The van der Waals surface area contributed by atoms with Crippen LogP contribution in [0.2, 0.25) is 0 Å². The van der Waals surface area contributed by atoms with E-state index in [4.69, 9.17) is 14.4 Å². The molecule has 8 aromatic rings. The number of fused-ring (bicyclic) bond motifs is 6. The molecule has 0 saturated carbocycles. The maximum Gasteiger partial charge on any atom is 0.146 e. The van der Waals surface area contributed by atoms with Gasteiger partial charge in [0.05, 0.1) is 11.4 Å². The van der Waals surface area contributed by atoms with E-state index < -0.39 is 0 Å². The average molecular weight is 582 g/mol. The Kier molecular flexibility index (Phi) is 5.72. The van der Waals surface area contributed by atoms with E-state index in [-0.39, 0.29) is 5.75 Å². The summed E-state index contributed by atoms with van der Waals surface area (Å²) in [5.74, 6) is 1.07. The summed E-state index contributed by atoms with van der Waals surface area (Å²) in [6.45, 7) is 0. The Balaban J connectivity index is 1.26. The molecule has 3 aromatic heterocycles. The maximum atomic E-state index is 10.8. The minimum atomic E-state index is 0.266. The zero-order valence-corrected chi connectivity index (χ0v) is 24.3. The molecule has 0 unspecified atom stereocenters. The Morgan fingerprint density at radius 1 is 0.622 bits per heavy atom. The van der Waals surface area contributed by atoms with Crippen LogP contribution in [0.15, 0.2) is 138 Å². The Morgan fingerprint density at radius 2 is 1.42 bits per heavy atom. The summed E-state index contributed by atoms with van der Waals surface area (Å²) < 4.78 is 8.51. The van der Waals surface area contributed by atoms with Crippen LogP contribution in [0.3, 0.4) is 0 Å². The molecule has 9 rings (SSSR count). The van der Waals surface area contributed by atoms with Gasteiger partial charge in [-0.2, -0.15) is 0 Å². The quantitative estimate of drug-likeness (QED) is 0.225. The Bertz CT molecular complexity index is 2390. The van der Waals surface area contributed by atoms with Crippen LogP contribution in [-0.4, -0.2) is 19.6 Å². The highest BCUT2D eigenvalue weighted by Crippen LogP contribution is 2.41. The number of hydrogen-bond acceptors (Lipinski definition) is 4. The van der Waals surface area contributed by atoms with Crippen molar-refractivity contribution in [1.29, 1.82) is 0 Å². The van der Waals surface area contributed by atoms with Crippen molar-refractivity contribution in [1.82, 2.24) is 14.5 Å². The number of phenols is 1. The number of rotatable bonds is 4. The molecule has 0 fully saturated rings. The highest BCUT2D eigenvalue weighted by Gasteiger charge is 2.23. The summed E-state index contributed by atoms with van der Waals surface area (Å²) >= 11 is 0. The number of aromatic hydroxyl groups is 1. The molecule has 0 atom stereocenters. The van der Waals surface area contributed by atoms with Crippen LogP contribution in [0.25, 0.3) is 72.8 Å². The Hall–Kier alpha value is -5.94. The second kappa shape index (κ2) is 10.1. The molecule has 5 aromatic carbocycles. The largest absolute Gasteiger partial charge is 0.507 e. The van der Waals surface area contributed by atoms with Crippen LogP contribution >= 0.6 is 0 Å². The first-order chi connectivity index (χ1) is 22.2. The molecule has 0 radical (unpaired) electrons. The van der Waals surface area contributed by atoms with Gasteiger partial charge in [-0.05, 0) is 77.6 Å². The summed E-state index contributed by atoms with van der Waals surface area (Å²) in [6, 6.07) is 43.1. The van der Waals surface area contributed by atoms with Gasteiger partial charge in [0.1, 0.15) is 28.4 Å². The molecule has 0 spiro atoms. The Morgan fingerprint density at radius 3 is 2.29 bits per heavy atom. The highest BCUT2D eigenvalue weighted by molar-refractivity contribution is 6.13. The van der Waals surface area contributed by atoms with Gasteiger partial charge in [-0.25, -0.2) is 9.97 Å². The number of phenolic OH excluding ortho intramolecular Hbond substituents is 1. The number of nitrogens with zero attached hydrogens (tertiary/aromatic N) is 3. The van der Waals surface area contributed by atoms with Gasteiger partial charge in [0.15, 0.2) is 0 Å². The van der Waals surface area contributed by atoms with Crippen LogP contribution in [0.1, 0.15) is 11.1 Å². The number of para-hydroxylation sites is 1. The first-order valence-corrected chi connectivity index (χ1v) is 15.2. The molecular weight excluding hydrogens is 554 g/mol. The van der Waals surface area contributed by atoms with Gasteiger partial charge >= 0.3 is 0 Å². The maximum absolute atomic E-state index is 10.8. The van der Waals surface area contributed by atoms with Crippen molar-refractivity contribution in [3.8, 4) is 56.6 Å². The van der Waals surface area contributed by atoms with Crippen molar-refractivity contribution in [3.63, 3.8) is 0 Å². The van der Waals surface area contributed by atoms with Gasteiger partial charge in [-0.1, -0.05) is 84.9 Å². The molecule has 214 valence electrons. The minimum absolute atomic E-state index is 0.266. The molecule has 0 amide bonds. The van der Waals surface area contributed by atoms with Crippen LogP contribution in [0, 0.1) is 0 Å². The lowest BCUT2D eigenvalue weighted by atomic mass is 9.88. The predicted octanol–water partition coefficient (Wildman–Crippen LogP) is 9.64. The van der Waals surface area contributed by atoms with Gasteiger partial charge in [-0.3, -0.25) is 4.57 Å². The molecule has 1 aliphatic carbocycles. The summed E-state index contributed by atoms with van der Waals surface area (Å²) in [5.41, 5.74) is 11.4. The molecular formula is C40H27N3O2. The molecule has 5 heteroatoms. The summed E-state index contributed by atoms with van der Waals surface area (Å²) in [7, 11) is 0. The summed E-state index contributed by atoms with van der Waals surface area (Å²) in [5, 5.41) is 12.9. The number of aromatic nitrogens is 3. The number of aryl methyl sites for hydroxylation is 2. The molecule has 1 aliphatic rings. The van der Waals surface area contributed by atoms with E-state index in [9.17, 15) is 5.11 Å². The van der Waals surface area contributed by atoms with Gasteiger partial charge in [-0.15, -0.1) is 0 Å².